The van der Waals surface area contributed by atoms with Gasteiger partial charge in [-0.2, -0.15) is 0 Å². The molecule has 1 aromatic carbocycles. The van der Waals surface area contributed by atoms with Crippen molar-refractivity contribution in [2.75, 3.05) is 11.5 Å². The Bertz CT molecular complexity index is 1090. The van der Waals surface area contributed by atoms with E-state index in [1.165, 1.54) is 34.7 Å². The fourth-order valence-electron chi connectivity index (χ4n) is 2.70. The third-order valence-corrected chi connectivity index (χ3v) is 6.19. The Hall–Kier alpha value is -2.39. The van der Waals surface area contributed by atoms with Gasteiger partial charge in [-0.15, -0.1) is 11.3 Å². The van der Waals surface area contributed by atoms with Crippen molar-refractivity contribution >= 4 is 44.9 Å². The highest BCUT2D eigenvalue weighted by Gasteiger charge is 2.22. The minimum absolute atomic E-state index is 0.0269. The van der Waals surface area contributed by atoms with Crippen molar-refractivity contribution < 1.29 is 4.79 Å². The zero-order chi connectivity index (χ0) is 19.7. The van der Waals surface area contributed by atoms with Crippen LogP contribution in [0.25, 0.3) is 10.2 Å². The van der Waals surface area contributed by atoms with Gasteiger partial charge in [0.15, 0.2) is 10.1 Å². The molecule has 0 radical (unpaired) electrons. The second kappa shape index (κ2) is 7.69. The number of benzene rings is 1. The molecule has 2 heterocycles. The number of ketones is 1. The smallest absolute Gasteiger partial charge is 0.332 e. The van der Waals surface area contributed by atoms with Crippen LogP contribution in [0.5, 0.6) is 0 Å². The van der Waals surface area contributed by atoms with E-state index in [-0.39, 0.29) is 23.1 Å². The van der Waals surface area contributed by atoms with Gasteiger partial charge in [-0.1, -0.05) is 37.7 Å². The van der Waals surface area contributed by atoms with Crippen molar-refractivity contribution in [2.45, 2.75) is 24.7 Å². The number of aromatic nitrogens is 3. The molecule has 27 heavy (non-hydrogen) atoms. The third-order valence-electron chi connectivity index (χ3n) is 4.01. The maximum absolute atomic E-state index is 12.7. The third kappa shape index (κ3) is 3.84. The van der Waals surface area contributed by atoms with Crippen LogP contribution in [-0.2, 0) is 13.6 Å². The first-order valence-corrected chi connectivity index (χ1v) is 10.2. The van der Waals surface area contributed by atoms with E-state index in [1.807, 2.05) is 38.1 Å². The van der Waals surface area contributed by atoms with Gasteiger partial charge < -0.3 is 5.73 Å². The zero-order valence-corrected chi connectivity index (χ0v) is 16.9. The molecule has 0 aliphatic heterocycles. The standard InChI is InChI=1S/C18H20N4O3S2/c1-10(2)8-22-15(19)14(16(24)21(3)18(22)25)12(23)9-26-17-20-11-6-4-5-7-13(11)27-17/h4-7,10H,8-9,19H2,1-3H3. The normalized spacial score (nSPS) is 11.4. The summed E-state index contributed by atoms with van der Waals surface area (Å²) in [5.74, 6) is -0.303. The predicted molar refractivity (Wildman–Crippen MR) is 110 cm³/mol. The van der Waals surface area contributed by atoms with E-state index in [0.717, 1.165) is 19.1 Å². The summed E-state index contributed by atoms with van der Waals surface area (Å²) in [7, 11) is 1.36. The Morgan fingerprint density at radius 1 is 1.30 bits per heavy atom. The average Bonchev–Trinajstić information content (AvgIpc) is 3.05. The molecule has 0 unspecified atom stereocenters. The highest BCUT2D eigenvalue weighted by molar-refractivity contribution is 8.01. The molecule has 0 aliphatic carbocycles. The van der Waals surface area contributed by atoms with Crippen molar-refractivity contribution in [1.29, 1.82) is 0 Å². The second-order valence-electron chi connectivity index (χ2n) is 6.57. The van der Waals surface area contributed by atoms with E-state index in [2.05, 4.69) is 4.98 Å². The van der Waals surface area contributed by atoms with Crippen molar-refractivity contribution in [3.63, 3.8) is 0 Å². The molecule has 3 aromatic rings. The maximum Gasteiger partial charge on any atom is 0.332 e. The number of nitrogens with zero attached hydrogens (tertiary/aromatic N) is 3. The number of hydrogen-bond donors (Lipinski definition) is 1. The van der Waals surface area contributed by atoms with E-state index in [1.54, 1.807) is 0 Å². The number of carbonyl (C=O) groups excluding carboxylic acids is 1. The molecule has 2 N–H and O–H groups in total. The van der Waals surface area contributed by atoms with E-state index in [9.17, 15) is 14.4 Å². The molecule has 3 rings (SSSR count). The monoisotopic (exact) mass is 404 g/mol. The molecular weight excluding hydrogens is 384 g/mol. The summed E-state index contributed by atoms with van der Waals surface area (Å²) in [6.45, 7) is 4.20. The number of fused-ring (bicyclic) bond motifs is 1. The lowest BCUT2D eigenvalue weighted by Crippen LogP contribution is -2.43. The van der Waals surface area contributed by atoms with Gasteiger partial charge in [-0.05, 0) is 18.1 Å². The molecule has 0 saturated heterocycles. The largest absolute Gasteiger partial charge is 0.384 e. The molecule has 0 aliphatic rings. The number of carbonyl (C=O) groups is 1. The number of hydrogen-bond acceptors (Lipinski definition) is 7. The molecule has 0 bridgehead atoms. The van der Waals surface area contributed by atoms with Gasteiger partial charge in [0.05, 0.1) is 16.0 Å². The lowest BCUT2D eigenvalue weighted by Gasteiger charge is -2.15. The number of rotatable bonds is 6. The van der Waals surface area contributed by atoms with E-state index in [0.29, 0.717) is 6.54 Å². The maximum atomic E-state index is 12.7. The summed E-state index contributed by atoms with van der Waals surface area (Å²) in [5, 5.41) is 0. The Labute approximate surface area is 163 Å². The first-order chi connectivity index (χ1) is 12.8. The summed E-state index contributed by atoms with van der Waals surface area (Å²) < 4.78 is 4.01. The topological polar surface area (TPSA) is 100.0 Å². The van der Waals surface area contributed by atoms with Crippen molar-refractivity contribution in [3.8, 4) is 0 Å². The molecular formula is C18H20N4O3S2. The Kier molecular flexibility index (Phi) is 5.52. The van der Waals surface area contributed by atoms with Crippen LogP contribution in [0.1, 0.15) is 24.2 Å². The molecule has 142 valence electrons. The number of thioether (sulfide) groups is 1. The van der Waals surface area contributed by atoms with Gasteiger partial charge in [-0.25, -0.2) is 9.78 Å². The van der Waals surface area contributed by atoms with Gasteiger partial charge in [-0.3, -0.25) is 18.7 Å². The van der Waals surface area contributed by atoms with Crippen molar-refractivity contribution in [1.82, 2.24) is 14.1 Å². The second-order valence-corrected chi connectivity index (χ2v) is 8.82. The Balaban J connectivity index is 1.90. The molecule has 7 nitrogen and oxygen atoms in total. The SMILES string of the molecule is CC(C)Cn1c(N)c(C(=O)CSc2nc3ccccc3s2)c(=O)n(C)c1=O. The molecule has 0 amide bonds. The lowest BCUT2D eigenvalue weighted by atomic mass is 10.2. The summed E-state index contributed by atoms with van der Waals surface area (Å²) in [6, 6.07) is 7.72. The van der Waals surface area contributed by atoms with Crippen LogP contribution in [0.2, 0.25) is 0 Å². The molecule has 2 aromatic heterocycles. The Morgan fingerprint density at radius 3 is 2.67 bits per heavy atom. The van der Waals surface area contributed by atoms with E-state index in [4.69, 9.17) is 5.73 Å². The number of anilines is 1. The van der Waals surface area contributed by atoms with Crippen LogP contribution >= 0.6 is 23.1 Å². The first-order valence-electron chi connectivity index (χ1n) is 8.40. The van der Waals surface area contributed by atoms with Crippen LogP contribution in [-0.4, -0.2) is 25.7 Å². The summed E-state index contributed by atoms with van der Waals surface area (Å²) in [6.07, 6.45) is 0. The van der Waals surface area contributed by atoms with Crippen LogP contribution in [0.3, 0.4) is 0 Å². The number of nitrogen functional groups attached to an aromatic ring is 1. The van der Waals surface area contributed by atoms with Gasteiger partial charge >= 0.3 is 5.69 Å². The van der Waals surface area contributed by atoms with Crippen LogP contribution in [0, 0.1) is 5.92 Å². The van der Waals surface area contributed by atoms with Crippen molar-refractivity contribution in [2.24, 2.45) is 13.0 Å². The average molecular weight is 405 g/mol. The van der Waals surface area contributed by atoms with Crippen LogP contribution in [0.15, 0.2) is 38.2 Å². The summed E-state index contributed by atoms with van der Waals surface area (Å²) in [4.78, 5) is 42.0. The minimum atomic E-state index is -0.660. The van der Waals surface area contributed by atoms with Gasteiger partial charge in [0.25, 0.3) is 5.56 Å². The fourth-order valence-corrected chi connectivity index (χ4v) is 4.64. The minimum Gasteiger partial charge on any atom is -0.384 e. The number of para-hydroxylation sites is 1. The predicted octanol–water partition coefficient (Wildman–Crippen LogP) is 2.37. The zero-order valence-electron chi connectivity index (χ0n) is 15.3. The quantitative estimate of drug-likeness (QED) is 0.500. The molecule has 0 saturated carbocycles. The van der Waals surface area contributed by atoms with Gasteiger partial charge in [0.2, 0.25) is 0 Å². The highest BCUT2D eigenvalue weighted by Crippen LogP contribution is 2.29. The molecule has 0 atom stereocenters. The summed E-state index contributed by atoms with van der Waals surface area (Å²) >= 11 is 2.75. The van der Waals surface area contributed by atoms with E-state index < -0.39 is 17.0 Å². The number of thiazole rings is 1. The molecule has 0 spiro atoms. The molecule has 0 fully saturated rings. The van der Waals surface area contributed by atoms with Gasteiger partial charge in [0, 0.05) is 13.6 Å². The Morgan fingerprint density at radius 2 is 2.00 bits per heavy atom. The highest BCUT2D eigenvalue weighted by atomic mass is 32.2. The van der Waals surface area contributed by atoms with Crippen LogP contribution < -0.4 is 17.0 Å². The van der Waals surface area contributed by atoms with Crippen LogP contribution in [0.4, 0.5) is 5.82 Å². The fraction of sp³-hybridized carbons (Fsp3) is 0.333. The number of nitrogens with two attached hydrogens (primary N) is 1. The first kappa shape index (κ1) is 19.4. The number of Topliss-reactive ketones (excluding diaryl/α,β-unsaturated/α-hetero) is 1. The molecule has 9 heteroatoms. The van der Waals surface area contributed by atoms with Crippen molar-refractivity contribution in [3.05, 3.63) is 50.7 Å². The van der Waals surface area contributed by atoms with E-state index >= 15 is 0 Å². The summed E-state index contributed by atoms with van der Waals surface area (Å²) in [5.41, 5.74) is 5.61. The lowest BCUT2D eigenvalue weighted by molar-refractivity contribution is 0.102. The van der Waals surface area contributed by atoms with Gasteiger partial charge in [0.1, 0.15) is 11.4 Å².